The predicted molar refractivity (Wildman–Crippen MR) is 59.5 cm³/mol. The summed E-state index contributed by atoms with van der Waals surface area (Å²) in [4.78, 5) is 2.44. The van der Waals surface area contributed by atoms with Crippen molar-refractivity contribution < 1.29 is 0 Å². The van der Waals surface area contributed by atoms with Gasteiger partial charge in [0.1, 0.15) is 0 Å². The van der Waals surface area contributed by atoms with Crippen molar-refractivity contribution in [3.05, 3.63) is 0 Å². The molecular weight excluding hydrogens is 188 g/mol. The first-order valence-corrected chi connectivity index (χ1v) is 5.46. The topological polar surface area (TPSA) is 62.9 Å². The molecule has 4 nitrogen and oxygen atoms in total. The van der Waals surface area contributed by atoms with Crippen molar-refractivity contribution in [3.63, 3.8) is 0 Å². The molecule has 1 rings (SSSR count). The van der Waals surface area contributed by atoms with E-state index in [2.05, 4.69) is 18.9 Å². The van der Waals surface area contributed by atoms with Gasteiger partial charge >= 0.3 is 0 Å². The number of hydrogen-bond donors (Lipinski definition) is 1. The van der Waals surface area contributed by atoms with Crippen molar-refractivity contribution in [1.82, 2.24) is 10.2 Å². The van der Waals surface area contributed by atoms with Crippen LogP contribution in [0.4, 0.5) is 0 Å². The van der Waals surface area contributed by atoms with Gasteiger partial charge in [-0.25, -0.2) is 5.32 Å². The summed E-state index contributed by atoms with van der Waals surface area (Å²) in [6.07, 6.45) is 8.50. The summed E-state index contributed by atoms with van der Waals surface area (Å²) in [7, 11) is 2.23. The maximum absolute atomic E-state index is 7.48. The molecule has 1 saturated heterocycles. The number of hydrogen-bond acceptors (Lipinski definition) is 4. The second-order valence-corrected chi connectivity index (χ2v) is 3.91. The van der Waals surface area contributed by atoms with Gasteiger partial charge in [-0.3, -0.25) is 0 Å². The fraction of sp³-hybridized carbons (Fsp3) is 0.818. The Morgan fingerprint density at radius 2 is 2.07 bits per heavy atom. The van der Waals surface area contributed by atoms with Gasteiger partial charge in [-0.05, 0) is 32.4 Å². The molecule has 1 aliphatic heterocycles. The zero-order valence-electron chi connectivity index (χ0n) is 9.66. The first-order chi connectivity index (χ1) is 7.24. The smallest absolute Gasteiger partial charge is 0.190 e. The summed E-state index contributed by atoms with van der Waals surface area (Å²) in [6.45, 7) is 4.95. The molecule has 0 aromatic heterocycles. The van der Waals surface area contributed by atoms with E-state index in [0.717, 1.165) is 5.92 Å². The van der Waals surface area contributed by atoms with E-state index in [0.29, 0.717) is 0 Å². The molecule has 0 bridgehead atoms. The molecule has 0 radical (unpaired) electrons. The third-order valence-electron chi connectivity index (χ3n) is 2.57. The molecule has 0 spiro atoms. The van der Waals surface area contributed by atoms with Gasteiger partial charge in [-0.2, -0.15) is 10.5 Å². The highest BCUT2D eigenvalue weighted by Crippen LogP contribution is 2.19. The SMILES string of the molecule is CCCCC1CCN(C)C1.N#CNC#N. The molecule has 0 saturated carbocycles. The summed E-state index contributed by atoms with van der Waals surface area (Å²) in [5, 5.41) is 16.7. The van der Waals surface area contributed by atoms with Crippen molar-refractivity contribution in [2.24, 2.45) is 5.92 Å². The van der Waals surface area contributed by atoms with E-state index in [1.54, 1.807) is 5.32 Å². The van der Waals surface area contributed by atoms with Crippen LogP contribution in [-0.2, 0) is 0 Å². The van der Waals surface area contributed by atoms with Crippen LogP contribution in [0.25, 0.3) is 0 Å². The van der Waals surface area contributed by atoms with Gasteiger partial charge in [0, 0.05) is 6.54 Å². The highest BCUT2D eigenvalue weighted by Gasteiger charge is 2.17. The maximum atomic E-state index is 7.48. The monoisotopic (exact) mass is 208 g/mol. The number of unbranched alkanes of at least 4 members (excludes halogenated alkanes) is 1. The molecule has 4 heteroatoms. The summed E-state index contributed by atoms with van der Waals surface area (Å²) >= 11 is 0. The van der Waals surface area contributed by atoms with Crippen molar-refractivity contribution in [1.29, 1.82) is 10.5 Å². The third kappa shape index (κ3) is 7.78. The molecule has 1 atom stereocenters. The lowest BCUT2D eigenvalue weighted by Crippen LogP contribution is -2.13. The Bertz CT molecular complexity index is 214. The van der Waals surface area contributed by atoms with Crippen LogP contribution in [0.2, 0.25) is 0 Å². The summed E-state index contributed by atoms with van der Waals surface area (Å²) in [5.41, 5.74) is 0. The number of nitrogens with zero attached hydrogens (tertiary/aromatic N) is 3. The van der Waals surface area contributed by atoms with E-state index < -0.39 is 0 Å². The molecular formula is C11H20N4. The summed E-state index contributed by atoms with van der Waals surface area (Å²) in [5.74, 6) is 1.02. The number of nitriles is 2. The number of nitrogens with one attached hydrogen (secondary N) is 1. The van der Waals surface area contributed by atoms with Crippen LogP contribution < -0.4 is 5.32 Å². The zero-order valence-corrected chi connectivity index (χ0v) is 9.66. The maximum Gasteiger partial charge on any atom is 0.190 e. The van der Waals surface area contributed by atoms with Gasteiger partial charge in [0.15, 0.2) is 12.4 Å². The van der Waals surface area contributed by atoms with Gasteiger partial charge in [0.05, 0.1) is 0 Å². The number of likely N-dealkylation sites (tertiary alicyclic amines) is 1. The Kier molecular flexibility index (Phi) is 8.52. The van der Waals surface area contributed by atoms with Crippen molar-refractivity contribution in [2.45, 2.75) is 32.6 Å². The van der Waals surface area contributed by atoms with Crippen molar-refractivity contribution in [3.8, 4) is 12.4 Å². The molecule has 1 N–H and O–H groups in total. The lowest BCUT2D eigenvalue weighted by molar-refractivity contribution is 0.384. The highest BCUT2D eigenvalue weighted by atomic mass is 15.1. The Morgan fingerprint density at radius 3 is 2.40 bits per heavy atom. The quantitative estimate of drug-likeness (QED) is 0.566. The minimum Gasteiger partial charge on any atom is -0.306 e. The first-order valence-electron chi connectivity index (χ1n) is 5.46. The molecule has 0 aromatic rings. The molecule has 15 heavy (non-hydrogen) atoms. The second-order valence-electron chi connectivity index (χ2n) is 3.91. The van der Waals surface area contributed by atoms with Crippen LogP contribution in [0, 0.1) is 28.8 Å². The fourth-order valence-corrected chi connectivity index (χ4v) is 1.78. The van der Waals surface area contributed by atoms with E-state index in [4.69, 9.17) is 10.5 Å². The molecule has 1 heterocycles. The molecule has 1 unspecified atom stereocenters. The Balaban J connectivity index is 0.000000336. The largest absolute Gasteiger partial charge is 0.306 e. The van der Waals surface area contributed by atoms with Crippen LogP contribution in [0.5, 0.6) is 0 Å². The van der Waals surface area contributed by atoms with E-state index in [1.807, 2.05) is 0 Å². The molecule has 0 aromatic carbocycles. The Morgan fingerprint density at radius 1 is 1.40 bits per heavy atom. The standard InChI is InChI=1S/C9H19N.C2HN3/c1-3-4-5-9-6-7-10(2)8-9;3-1-5-2-4/h9H,3-8H2,1-2H3;5H. The summed E-state index contributed by atoms with van der Waals surface area (Å²) < 4.78 is 0. The van der Waals surface area contributed by atoms with Crippen LogP contribution in [0.15, 0.2) is 0 Å². The summed E-state index contributed by atoms with van der Waals surface area (Å²) in [6, 6.07) is 0. The Hall–Kier alpha value is -1.26. The molecule has 1 fully saturated rings. The van der Waals surface area contributed by atoms with Gasteiger partial charge in [-0.15, -0.1) is 0 Å². The van der Waals surface area contributed by atoms with Crippen LogP contribution >= 0.6 is 0 Å². The highest BCUT2D eigenvalue weighted by molar-refractivity contribution is 4.77. The lowest BCUT2D eigenvalue weighted by Gasteiger charge is -2.08. The van der Waals surface area contributed by atoms with Crippen LogP contribution in [0.3, 0.4) is 0 Å². The first kappa shape index (κ1) is 13.7. The number of rotatable bonds is 3. The minimum atomic E-state index is 1.02. The van der Waals surface area contributed by atoms with Crippen molar-refractivity contribution >= 4 is 0 Å². The average Bonchev–Trinajstić information content (AvgIpc) is 2.63. The van der Waals surface area contributed by atoms with E-state index in [-0.39, 0.29) is 0 Å². The molecule has 0 amide bonds. The molecule has 1 aliphatic rings. The second kappa shape index (κ2) is 9.30. The normalized spacial score (nSPS) is 19.6. The fourth-order valence-electron chi connectivity index (χ4n) is 1.78. The van der Waals surface area contributed by atoms with Gasteiger partial charge in [0.25, 0.3) is 0 Å². The average molecular weight is 208 g/mol. The van der Waals surface area contributed by atoms with E-state index in [9.17, 15) is 0 Å². The van der Waals surface area contributed by atoms with Gasteiger partial charge in [0.2, 0.25) is 0 Å². The predicted octanol–water partition coefficient (Wildman–Crippen LogP) is 1.67. The zero-order chi connectivity index (χ0) is 11.5. The van der Waals surface area contributed by atoms with Crippen LogP contribution in [-0.4, -0.2) is 25.0 Å². The van der Waals surface area contributed by atoms with Crippen molar-refractivity contribution in [2.75, 3.05) is 20.1 Å². The van der Waals surface area contributed by atoms with Gasteiger partial charge < -0.3 is 4.90 Å². The van der Waals surface area contributed by atoms with Gasteiger partial charge in [-0.1, -0.05) is 19.8 Å². The minimum absolute atomic E-state index is 1.02. The lowest BCUT2D eigenvalue weighted by atomic mass is 10.0. The van der Waals surface area contributed by atoms with Crippen LogP contribution in [0.1, 0.15) is 32.6 Å². The Labute approximate surface area is 92.5 Å². The molecule has 84 valence electrons. The molecule has 0 aliphatic carbocycles. The third-order valence-corrected chi connectivity index (χ3v) is 2.57. The van der Waals surface area contributed by atoms with E-state index >= 15 is 0 Å². The van der Waals surface area contributed by atoms with E-state index in [1.165, 1.54) is 51.2 Å².